The second kappa shape index (κ2) is 11.1. The van der Waals surface area contributed by atoms with Gasteiger partial charge in [-0.15, -0.1) is 0 Å². The van der Waals surface area contributed by atoms with E-state index in [9.17, 15) is 13.2 Å². The standard InChI is InChI=1S/C20H24N2O8S/c1-27-16-10-18(28-2)17(19(11-16)29-3)8-9-31(25,26)22-14-4-6-15(7-5-14)30-13-21-12-20(23)24/h4-11,21-22H,12-13H2,1-3H3,(H,23,24). The molecule has 2 rings (SSSR count). The number of nitrogens with one attached hydrogen (secondary N) is 2. The van der Waals surface area contributed by atoms with Gasteiger partial charge in [0, 0.05) is 17.8 Å². The van der Waals surface area contributed by atoms with Crippen molar-refractivity contribution in [2.24, 2.45) is 0 Å². The molecule has 0 saturated heterocycles. The van der Waals surface area contributed by atoms with Crippen LogP contribution in [0.1, 0.15) is 5.56 Å². The summed E-state index contributed by atoms with van der Waals surface area (Å²) in [5, 5.41) is 12.1. The van der Waals surface area contributed by atoms with E-state index in [1.165, 1.54) is 39.5 Å². The molecule has 0 aliphatic rings. The average molecular weight is 452 g/mol. The molecule has 10 nitrogen and oxygen atoms in total. The third-order valence-electron chi connectivity index (χ3n) is 3.90. The zero-order chi connectivity index (χ0) is 22.9. The number of rotatable bonds is 12. The van der Waals surface area contributed by atoms with Gasteiger partial charge in [0.2, 0.25) is 0 Å². The van der Waals surface area contributed by atoms with Crippen molar-refractivity contribution < 1.29 is 37.3 Å². The third-order valence-corrected chi connectivity index (χ3v) is 4.91. The van der Waals surface area contributed by atoms with E-state index >= 15 is 0 Å². The highest BCUT2D eigenvalue weighted by Crippen LogP contribution is 2.35. The first kappa shape index (κ1) is 23.8. The van der Waals surface area contributed by atoms with Gasteiger partial charge in [0.25, 0.3) is 10.0 Å². The number of aliphatic carboxylic acids is 1. The van der Waals surface area contributed by atoms with Gasteiger partial charge in [0.15, 0.2) is 0 Å². The van der Waals surface area contributed by atoms with E-state index in [2.05, 4.69) is 10.0 Å². The van der Waals surface area contributed by atoms with Crippen molar-refractivity contribution >= 4 is 27.8 Å². The summed E-state index contributed by atoms with van der Waals surface area (Å²) in [6.45, 7) is -0.223. The highest BCUT2D eigenvalue weighted by molar-refractivity contribution is 7.95. The van der Waals surface area contributed by atoms with Crippen LogP contribution in [0.25, 0.3) is 6.08 Å². The second-order valence-corrected chi connectivity index (χ2v) is 7.60. The zero-order valence-electron chi connectivity index (χ0n) is 17.2. The summed E-state index contributed by atoms with van der Waals surface area (Å²) in [7, 11) is 0.583. The molecule has 0 fully saturated rings. The van der Waals surface area contributed by atoms with Crippen molar-refractivity contribution in [2.45, 2.75) is 0 Å². The Labute approximate surface area is 180 Å². The van der Waals surface area contributed by atoms with Crippen LogP contribution in [-0.4, -0.2) is 54.1 Å². The predicted molar refractivity (Wildman–Crippen MR) is 115 cm³/mol. The molecule has 0 aromatic heterocycles. The fourth-order valence-corrected chi connectivity index (χ4v) is 3.31. The lowest BCUT2D eigenvalue weighted by Crippen LogP contribution is -2.26. The van der Waals surface area contributed by atoms with E-state index in [-0.39, 0.29) is 13.3 Å². The summed E-state index contributed by atoms with van der Waals surface area (Å²) in [5.74, 6) is 0.740. The van der Waals surface area contributed by atoms with Gasteiger partial charge in [0.1, 0.15) is 29.7 Å². The number of carbonyl (C=O) groups is 1. The number of methoxy groups -OCH3 is 3. The largest absolute Gasteiger partial charge is 0.496 e. The van der Waals surface area contributed by atoms with E-state index < -0.39 is 16.0 Å². The Balaban J connectivity index is 2.08. The smallest absolute Gasteiger partial charge is 0.317 e. The number of sulfonamides is 1. The topological polar surface area (TPSA) is 132 Å². The highest BCUT2D eigenvalue weighted by Gasteiger charge is 2.13. The minimum atomic E-state index is -3.83. The lowest BCUT2D eigenvalue weighted by atomic mass is 10.1. The number of carboxylic acid groups (broad SMARTS) is 1. The Morgan fingerprint density at radius 1 is 1.00 bits per heavy atom. The molecule has 0 heterocycles. The normalized spacial score (nSPS) is 11.2. The van der Waals surface area contributed by atoms with Crippen LogP contribution >= 0.6 is 0 Å². The Morgan fingerprint density at radius 2 is 1.61 bits per heavy atom. The molecule has 2 aromatic rings. The lowest BCUT2D eigenvalue weighted by Gasteiger charge is -2.12. The molecule has 0 bridgehead atoms. The second-order valence-electron chi connectivity index (χ2n) is 6.03. The predicted octanol–water partition coefficient (Wildman–Crippen LogP) is 2.14. The number of hydrogen-bond donors (Lipinski definition) is 3. The van der Waals surface area contributed by atoms with Crippen LogP contribution in [0.2, 0.25) is 0 Å². The number of hydrogen-bond acceptors (Lipinski definition) is 8. The Kier molecular flexibility index (Phi) is 8.53. The molecular weight excluding hydrogens is 428 g/mol. The van der Waals surface area contributed by atoms with Crippen molar-refractivity contribution in [2.75, 3.05) is 39.3 Å². The molecule has 0 aliphatic heterocycles. The van der Waals surface area contributed by atoms with Crippen LogP contribution in [0.4, 0.5) is 5.69 Å². The first-order valence-corrected chi connectivity index (χ1v) is 10.5. The third kappa shape index (κ3) is 7.39. The van der Waals surface area contributed by atoms with Crippen LogP contribution in [0.5, 0.6) is 23.0 Å². The summed E-state index contributed by atoms with van der Waals surface area (Å²) in [4.78, 5) is 10.4. The summed E-state index contributed by atoms with van der Waals surface area (Å²) in [6, 6.07) is 9.39. The van der Waals surface area contributed by atoms with E-state index in [1.807, 2.05) is 0 Å². The molecule has 0 radical (unpaired) electrons. The molecule has 2 aromatic carbocycles. The SMILES string of the molecule is COc1cc(OC)c(C=CS(=O)(=O)Nc2ccc(OCNCC(=O)O)cc2)c(OC)c1. The van der Waals surface area contributed by atoms with Crippen molar-refractivity contribution in [3.05, 3.63) is 47.4 Å². The minimum absolute atomic E-state index is 0.00559. The van der Waals surface area contributed by atoms with Crippen LogP contribution < -0.4 is 29.0 Å². The van der Waals surface area contributed by atoms with Crippen molar-refractivity contribution in [3.8, 4) is 23.0 Å². The summed E-state index contributed by atoms with van der Waals surface area (Å²) in [5.41, 5.74) is 0.762. The molecule has 0 amide bonds. The number of anilines is 1. The first-order chi connectivity index (χ1) is 14.8. The Bertz CT molecular complexity index is 995. The Hall–Kier alpha value is -3.44. The highest BCUT2D eigenvalue weighted by atomic mass is 32.2. The van der Waals surface area contributed by atoms with Crippen LogP contribution in [0.3, 0.4) is 0 Å². The van der Waals surface area contributed by atoms with Gasteiger partial charge in [0.05, 0.1) is 38.8 Å². The molecule has 11 heteroatoms. The number of ether oxygens (including phenoxy) is 4. The van der Waals surface area contributed by atoms with E-state index in [4.69, 9.17) is 24.1 Å². The van der Waals surface area contributed by atoms with Gasteiger partial charge in [-0.25, -0.2) is 8.42 Å². The molecule has 0 atom stereocenters. The molecule has 168 valence electrons. The van der Waals surface area contributed by atoms with E-state index in [0.717, 1.165) is 5.41 Å². The lowest BCUT2D eigenvalue weighted by molar-refractivity contribution is -0.136. The van der Waals surface area contributed by atoms with Gasteiger partial charge >= 0.3 is 5.97 Å². The average Bonchev–Trinajstić information content (AvgIpc) is 2.75. The van der Waals surface area contributed by atoms with Gasteiger partial charge < -0.3 is 24.1 Å². The maximum absolute atomic E-state index is 12.5. The maximum Gasteiger partial charge on any atom is 0.317 e. The molecule has 0 saturated carbocycles. The van der Waals surface area contributed by atoms with Crippen LogP contribution in [0.15, 0.2) is 41.8 Å². The monoisotopic (exact) mass is 452 g/mol. The van der Waals surface area contributed by atoms with Gasteiger partial charge in [-0.1, -0.05) is 0 Å². The fraction of sp³-hybridized carbons (Fsp3) is 0.250. The van der Waals surface area contributed by atoms with Gasteiger partial charge in [-0.05, 0) is 30.3 Å². The maximum atomic E-state index is 12.5. The van der Waals surface area contributed by atoms with E-state index in [1.54, 1.807) is 24.3 Å². The number of carboxylic acids is 1. The molecule has 0 spiro atoms. The first-order valence-electron chi connectivity index (χ1n) is 8.94. The summed E-state index contributed by atoms with van der Waals surface area (Å²) >= 11 is 0. The van der Waals surface area contributed by atoms with Crippen molar-refractivity contribution in [3.63, 3.8) is 0 Å². The molecule has 31 heavy (non-hydrogen) atoms. The zero-order valence-corrected chi connectivity index (χ0v) is 18.1. The minimum Gasteiger partial charge on any atom is -0.496 e. The molecule has 3 N–H and O–H groups in total. The van der Waals surface area contributed by atoms with Gasteiger partial charge in [-0.3, -0.25) is 14.8 Å². The van der Waals surface area contributed by atoms with Gasteiger partial charge in [-0.2, -0.15) is 0 Å². The summed E-state index contributed by atoms with van der Waals surface area (Å²) < 4.78 is 48.4. The van der Waals surface area contributed by atoms with Crippen molar-refractivity contribution in [1.82, 2.24) is 5.32 Å². The Morgan fingerprint density at radius 3 is 2.13 bits per heavy atom. The van der Waals surface area contributed by atoms with E-state index in [0.29, 0.717) is 34.2 Å². The van der Waals surface area contributed by atoms with Crippen LogP contribution in [0, 0.1) is 0 Å². The van der Waals surface area contributed by atoms with Crippen LogP contribution in [-0.2, 0) is 14.8 Å². The quantitative estimate of drug-likeness (QED) is 0.327. The molecular formula is C20H24N2O8S. The fourth-order valence-electron chi connectivity index (χ4n) is 2.46. The number of benzene rings is 2. The van der Waals surface area contributed by atoms with Crippen molar-refractivity contribution in [1.29, 1.82) is 0 Å². The molecule has 0 aliphatic carbocycles. The molecule has 0 unspecified atom stereocenters. The summed E-state index contributed by atoms with van der Waals surface area (Å²) in [6.07, 6.45) is 1.37.